The van der Waals surface area contributed by atoms with Crippen molar-refractivity contribution in [3.63, 3.8) is 0 Å². The van der Waals surface area contributed by atoms with E-state index < -0.39 is 0 Å². The maximum absolute atomic E-state index is 12.2. The van der Waals surface area contributed by atoms with Crippen molar-refractivity contribution >= 4 is 5.78 Å². The highest BCUT2D eigenvalue weighted by molar-refractivity contribution is 5.83. The lowest BCUT2D eigenvalue weighted by molar-refractivity contribution is -0.117. The molecule has 104 valence electrons. The third kappa shape index (κ3) is 3.80. The number of carbonyl (C=O) groups excluding carboxylic acids is 1. The van der Waals surface area contributed by atoms with Crippen LogP contribution in [0.2, 0.25) is 0 Å². The zero-order valence-corrected chi connectivity index (χ0v) is 12.8. The van der Waals surface area contributed by atoms with Crippen LogP contribution in [0.15, 0.2) is 36.4 Å². The lowest BCUT2D eigenvalue weighted by atomic mass is 9.98. The summed E-state index contributed by atoms with van der Waals surface area (Å²) in [6.07, 6.45) is 1.05. The quantitative estimate of drug-likeness (QED) is 0.807. The Hall–Kier alpha value is -1.89. The van der Waals surface area contributed by atoms with E-state index in [4.69, 9.17) is 0 Å². The molecule has 0 N–H and O–H groups in total. The minimum absolute atomic E-state index is 0.276. The number of benzene rings is 2. The van der Waals surface area contributed by atoms with Crippen LogP contribution in [0, 0.1) is 27.7 Å². The van der Waals surface area contributed by atoms with Crippen molar-refractivity contribution in [1.82, 2.24) is 0 Å². The van der Waals surface area contributed by atoms with E-state index >= 15 is 0 Å². The van der Waals surface area contributed by atoms with Gasteiger partial charge in [-0.15, -0.1) is 0 Å². The Balaban J connectivity index is 2.06. The van der Waals surface area contributed by atoms with E-state index in [1.807, 2.05) is 0 Å². The molecule has 0 spiro atoms. The van der Waals surface area contributed by atoms with Crippen LogP contribution >= 0.6 is 0 Å². The van der Waals surface area contributed by atoms with Crippen LogP contribution in [0.4, 0.5) is 0 Å². The third-order valence-electron chi connectivity index (χ3n) is 3.66. The van der Waals surface area contributed by atoms with Crippen LogP contribution in [-0.4, -0.2) is 5.78 Å². The summed E-state index contributed by atoms with van der Waals surface area (Å²) in [4.78, 5) is 12.2. The second kappa shape index (κ2) is 6.04. The molecule has 0 radical (unpaired) electrons. The van der Waals surface area contributed by atoms with E-state index in [1.54, 1.807) is 0 Å². The summed E-state index contributed by atoms with van der Waals surface area (Å²) in [5, 5.41) is 0. The molecule has 20 heavy (non-hydrogen) atoms. The number of hydrogen-bond donors (Lipinski definition) is 0. The van der Waals surface area contributed by atoms with Gasteiger partial charge in [0, 0.05) is 12.8 Å². The molecule has 0 bridgehead atoms. The molecular weight excluding hydrogens is 244 g/mol. The molecule has 2 aromatic carbocycles. The zero-order chi connectivity index (χ0) is 14.7. The maximum atomic E-state index is 12.2. The van der Waals surface area contributed by atoms with Crippen molar-refractivity contribution in [3.8, 4) is 0 Å². The lowest BCUT2D eigenvalue weighted by Gasteiger charge is -2.07. The van der Waals surface area contributed by atoms with Gasteiger partial charge in [0.2, 0.25) is 0 Å². The number of aryl methyl sites for hydroxylation is 4. The molecule has 2 rings (SSSR count). The van der Waals surface area contributed by atoms with Gasteiger partial charge >= 0.3 is 0 Å². The summed E-state index contributed by atoms with van der Waals surface area (Å²) < 4.78 is 0. The number of rotatable bonds is 4. The van der Waals surface area contributed by atoms with E-state index in [9.17, 15) is 4.79 Å². The second-order valence-corrected chi connectivity index (χ2v) is 5.81. The minimum Gasteiger partial charge on any atom is -0.299 e. The normalized spacial score (nSPS) is 10.6. The average molecular weight is 266 g/mol. The van der Waals surface area contributed by atoms with E-state index in [0.717, 1.165) is 11.1 Å². The second-order valence-electron chi connectivity index (χ2n) is 5.81. The highest BCUT2D eigenvalue weighted by Gasteiger charge is 2.07. The summed E-state index contributed by atoms with van der Waals surface area (Å²) >= 11 is 0. The monoisotopic (exact) mass is 266 g/mol. The van der Waals surface area contributed by atoms with Crippen molar-refractivity contribution in [2.75, 3.05) is 0 Å². The lowest BCUT2D eigenvalue weighted by Crippen LogP contribution is -2.07. The van der Waals surface area contributed by atoms with Gasteiger partial charge in [0.25, 0.3) is 0 Å². The first-order valence-corrected chi connectivity index (χ1v) is 7.09. The standard InChI is InChI=1S/C19H22O/c1-13-7-14(2)9-18(8-13)12-19(20)11-17-6-5-15(3)16(4)10-17/h5-10H,11-12H2,1-4H3. The van der Waals surface area contributed by atoms with E-state index in [2.05, 4.69) is 64.1 Å². The Morgan fingerprint density at radius 1 is 0.750 bits per heavy atom. The fraction of sp³-hybridized carbons (Fsp3) is 0.316. The van der Waals surface area contributed by atoms with E-state index in [-0.39, 0.29) is 5.78 Å². The van der Waals surface area contributed by atoms with Gasteiger partial charge in [-0.2, -0.15) is 0 Å². The minimum atomic E-state index is 0.276. The molecule has 0 aliphatic carbocycles. The molecule has 0 aliphatic rings. The van der Waals surface area contributed by atoms with E-state index in [1.165, 1.54) is 22.3 Å². The van der Waals surface area contributed by atoms with Gasteiger partial charge in [-0.25, -0.2) is 0 Å². The first kappa shape index (κ1) is 14.5. The fourth-order valence-electron chi connectivity index (χ4n) is 2.60. The van der Waals surface area contributed by atoms with Gasteiger partial charge in [0.1, 0.15) is 5.78 Å². The predicted molar refractivity (Wildman–Crippen MR) is 84.2 cm³/mol. The van der Waals surface area contributed by atoms with Crippen molar-refractivity contribution in [2.45, 2.75) is 40.5 Å². The van der Waals surface area contributed by atoms with Gasteiger partial charge in [0.15, 0.2) is 0 Å². The van der Waals surface area contributed by atoms with Crippen LogP contribution in [0.3, 0.4) is 0 Å². The Morgan fingerprint density at radius 3 is 1.95 bits per heavy atom. The molecule has 1 heteroatoms. The molecule has 0 amide bonds. The SMILES string of the molecule is Cc1cc(C)cc(CC(=O)Cc2ccc(C)c(C)c2)c1. The molecule has 1 nitrogen and oxygen atoms in total. The van der Waals surface area contributed by atoms with Crippen LogP contribution in [0.1, 0.15) is 33.4 Å². The number of Topliss-reactive ketones (excluding diaryl/α,β-unsaturated/α-hetero) is 1. The smallest absolute Gasteiger partial charge is 0.141 e. The first-order valence-electron chi connectivity index (χ1n) is 7.09. The first-order chi connectivity index (χ1) is 9.44. The predicted octanol–water partition coefficient (Wildman–Crippen LogP) is 4.27. The summed E-state index contributed by atoms with van der Waals surface area (Å²) in [6.45, 7) is 8.33. The number of carbonyl (C=O) groups is 1. The number of ketones is 1. The fourth-order valence-corrected chi connectivity index (χ4v) is 2.60. The highest BCUT2D eigenvalue weighted by atomic mass is 16.1. The van der Waals surface area contributed by atoms with Gasteiger partial charge in [0.05, 0.1) is 0 Å². The Bertz CT molecular complexity index is 618. The van der Waals surface area contributed by atoms with Crippen LogP contribution < -0.4 is 0 Å². The molecule has 0 fully saturated rings. The van der Waals surface area contributed by atoms with Crippen LogP contribution in [-0.2, 0) is 17.6 Å². The van der Waals surface area contributed by atoms with E-state index in [0.29, 0.717) is 12.8 Å². The third-order valence-corrected chi connectivity index (χ3v) is 3.66. The van der Waals surface area contributed by atoms with Gasteiger partial charge < -0.3 is 0 Å². The maximum Gasteiger partial charge on any atom is 0.141 e. The zero-order valence-electron chi connectivity index (χ0n) is 12.8. The van der Waals surface area contributed by atoms with Crippen molar-refractivity contribution in [3.05, 3.63) is 69.8 Å². The number of hydrogen-bond acceptors (Lipinski definition) is 1. The summed E-state index contributed by atoms with van der Waals surface area (Å²) in [5.41, 5.74) is 7.20. The summed E-state index contributed by atoms with van der Waals surface area (Å²) in [6, 6.07) is 12.6. The molecular formula is C19H22O. The molecule has 0 aliphatic heterocycles. The average Bonchev–Trinajstić information content (AvgIpc) is 2.32. The summed E-state index contributed by atoms with van der Waals surface area (Å²) in [5.74, 6) is 0.276. The Morgan fingerprint density at radius 2 is 1.35 bits per heavy atom. The molecule has 0 atom stereocenters. The molecule has 0 saturated heterocycles. The van der Waals surface area contributed by atoms with Gasteiger partial charge in [-0.05, 0) is 49.9 Å². The summed E-state index contributed by atoms with van der Waals surface area (Å²) in [7, 11) is 0. The van der Waals surface area contributed by atoms with Crippen LogP contribution in [0.25, 0.3) is 0 Å². The largest absolute Gasteiger partial charge is 0.299 e. The highest BCUT2D eigenvalue weighted by Crippen LogP contribution is 2.13. The van der Waals surface area contributed by atoms with Crippen molar-refractivity contribution < 1.29 is 4.79 Å². The Kier molecular flexibility index (Phi) is 4.39. The molecule has 0 aromatic heterocycles. The van der Waals surface area contributed by atoms with Gasteiger partial charge in [-0.1, -0.05) is 47.5 Å². The molecule has 0 heterocycles. The van der Waals surface area contributed by atoms with Crippen molar-refractivity contribution in [1.29, 1.82) is 0 Å². The topological polar surface area (TPSA) is 17.1 Å². The van der Waals surface area contributed by atoms with Gasteiger partial charge in [-0.3, -0.25) is 4.79 Å². The Labute approximate surface area is 121 Å². The molecule has 0 unspecified atom stereocenters. The van der Waals surface area contributed by atoms with Crippen molar-refractivity contribution in [2.24, 2.45) is 0 Å². The van der Waals surface area contributed by atoms with Crippen LogP contribution in [0.5, 0.6) is 0 Å². The molecule has 2 aromatic rings. The molecule has 0 saturated carbocycles.